The van der Waals surface area contributed by atoms with Crippen LogP contribution in [0, 0.1) is 17.8 Å². The number of pyridine rings is 1. The number of methoxy groups -OCH3 is 1. The zero-order valence-corrected chi connectivity index (χ0v) is 19.9. The SMILES string of the molecule is COC(=O)CC1CCC(C2CCN(c3ccc(-c4n[nH]c(-c5cccs5)n4)cn3)CC2)CC1. The van der Waals surface area contributed by atoms with Gasteiger partial charge in [-0.3, -0.25) is 9.89 Å². The number of esters is 1. The van der Waals surface area contributed by atoms with Crippen LogP contribution < -0.4 is 4.90 Å². The van der Waals surface area contributed by atoms with Gasteiger partial charge in [0.1, 0.15) is 5.82 Å². The number of aromatic amines is 1. The van der Waals surface area contributed by atoms with Gasteiger partial charge in [0.2, 0.25) is 0 Å². The van der Waals surface area contributed by atoms with Gasteiger partial charge in [0.25, 0.3) is 0 Å². The van der Waals surface area contributed by atoms with Gasteiger partial charge < -0.3 is 9.64 Å². The van der Waals surface area contributed by atoms with Gasteiger partial charge in [-0.15, -0.1) is 11.3 Å². The first-order valence-corrected chi connectivity index (χ1v) is 12.8. The zero-order valence-electron chi connectivity index (χ0n) is 19.1. The molecule has 0 bridgehead atoms. The number of anilines is 1. The molecule has 0 aromatic carbocycles. The van der Waals surface area contributed by atoms with Gasteiger partial charge in [-0.1, -0.05) is 6.07 Å². The van der Waals surface area contributed by atoms with Crippen LogP contribution in [0.25, 0.3) is 22.1 Å². The second-order valence-electron chi connectivity index (χ2n) is 9.28. The van der Waals surface area contributed by atoms with Crippen LogP contribution in [0.1, 0.15) is 44.9 Å². The number of carbonyl (C=O) groups excluding carboxylic acids is 1. The Labute approximate surface area is 198 Å². The molecule has 174 valence electrons. The summed E-state index contributed by atoms with van der Waals surface area (Å²) in [6.07, 6.45) is 9.75. The summed E-state index contributed by atoms with van der Waals surface area (Å²) in [5.74, 6) is 4.57. The molecule has 8 heteroatoms. The first-order valence-electron chi connectivity index (χ1n) is 11.9. The van der Waals surface area contributed by atoms with Gasteiger partial charge in [0, 0.05) is 31.3 Å². The molecule has 2 fully saturated rings. The molecule has 1 saturated heterocycles. The second-order valence-corrected chi connectivity index (χ2v) is 10.2. The average Bonchev–Trinajstić information content (AvgIpc) is 3.57. The normalized spacial score (nSPS) is 21.8. The highest BCUT2D eigenvalue weighted by Crippen LogP contribution is 2.39. The Morgan fingerprint density at radius 3 is 2.58 bits per heavy atom. The van der Waals surface area contributed by atoms with Gasteiger partial charge >= 0.3 is 5.97 Å². The molecule has 0 amide bonds. The molecule has 2 aliphatic rings. The number of hydrogen-bond acceptors (Lipinski definition) is 7. The van der Waals surface area contributed by atoms with Crippen molar-refractivity contribution in [2.45, 2.75) is 44.9 Å². The van der Waals surface area contributed by atoms with E-state index in [2.05, 4.69) is 32.2 Å². The minimum absolute atomic E-state index is 0.0590. The summed E-state index contributed by atoms with van der Waals surface area (Å²) in [5, 5.41) is 9.42. The maximum absolute atomic E-state index is 11.5. The molecule has 0 unspecified atom stereocenters. The molecule has 1 aliphatic heterocycles. The lowest BCUT2D eigenvalue weighted by Crippen LogP contribution is -2.37. The molecule has 0 radical (unpaired) electrons. The van der Waals surface area contributed by atoms with Gasteiger partial charge in [0.15, 0.2) is 11.6 Å². The number of piperidine rings is 1. The molecule has 1 N–H and O–H groups in total. The summed E-state index contributed by atoms with van der Waals surface area (Å²) in [7, 11) is 1.49. The molecular formula is C25H31N5O2S. The molecule has 33 heavy (non-hydrogen) atoms. The lowest BCUT2D eigenvalue weighted by atomic mass is 9.72. The topological polar surface area (TPSA) is 84.0 Å². The van der Waals surface area contributed by atoms with Crippen molar-refractivity contribution in [3.8, 4) is 22.1 Å². The van der Waals surface area contributed by atoms with E-state index in [-0.39, 0.29) is 5.97 Å². The molecular weight excluding hydrogens is 434 g/mol. The molecule has 5 rings (SSSR count). The minimum atomic E-state index is -0.0590. The fourth-order valence-electron chi connectivity index (χ4n) is 5.40. The third kappa shape index (κ3) is 5.11. The van der Waals surface area contributed by atoms with Crippen molar-refractivity contribution in [1.82, 2.24) is 20.2 Å². The quantitative estimate of drug-likeness (QED) is 0.505. The number of rotatable bonds is 6. The third-order valence-electron chi connectivity index (χ3n) is 7.35. The number of aromatic nitrogens is 4. The van der Waals surface area contributed by atoms with E-state index in [0.717, 1.165) is 47.0 Å². The van der Waals surface area contributed by atoms with Gasteiger partial charge in [-0.05, 0) is 79.9 Å². The highest BCUT2D eigenvalue weighted by atomic mass is 32.1. The van der Waals surface area contributed by atoms with Crippen molar-refractivity contribution in [3.63, 3.8) is 0 Å². The zero-order chi connectivity index (χ0) is 22.6. The van der Waals surface area contributed by atoms with E-state index in [0.29, 0.717) is 18.2 Å². The van der Waals surface area contributed by atoms with Crippen LogP contribution in [0.3, 0.4) is 0 Å². The van der Waals surface area contributed by atoms with Crippen molar-refractivity contribution in [2.24, 2.45) is 17.8 Å². The summed E-state index contributed by atoms with van der Waals surface area (Å²) >= 11 is 1.64. The fourth-order valence-corrected chi connectivity index (χ4v) is 6.07. The van der Waals surface area contributed by atoms with E-state index in [1.54, 1.807) is 11.3 Å². The molecule has 3 aromatic heterocycles. The fraction of sp³-hybridized carbons (Fsp3) is 0.520. The van der Waals surface area contributed by atoms with Crippen LogP contribution >= 0.6 is 11.3 Å². The molecule has 0 atom stereocenters. The molecule has 1 aliphatic carbocycles. The Kier molecular flexibility index (Phi) is 6.71. The number of nitrogens with zero attached hydrogens (tertiary/aromatic N) is 4. The predicted octanol–water partition coefficient (Wildman–Crippen LogP) is 5.18. The monoisotopic (exact) mass is 465 g/mol. The van der Waals surface area contributed by atoms with E-state index >= 15 is 0 Å². The van der Waals surface area contributed by atoms with Crippen molar-refractivity contribution >= 4 is 23.1 Å². The number of H-pyrrole nitrogens is 1. The Morgan fingerprint density at radius 1 is 1.12 bits per heavy atom. The van der Waals surface area contributed by atoms with Gasteiger partial charge in [-0.25, -0.2) is 9.97 Å². The standard InChI is InChI=1S/C25H31N5O2S/c1-32-23(31)15-17-4-6-18(7-5-17)19-10-12-30(13-11-19)22-9-8-20(16-26-22)24-27-25(29-28-24)21-3-2-14-33-21/h2-3,8-9,14,16-19H,4-7,10-13,15H2,1H3,(H,27,28,29). The molecule has 3 aromatic rings. The lowest BCUT2D eigenvalue weighted by Gasteiger charge is -2.39. The Bertz CT molecular complexity index is 1030. The second kappa shape index (κ2) is 10.0. The molecule has 7 nitrogen and oxygen atoms in total. The van der Waals surface area contributed by atoms with Crippen LogP contribution in [0.5, 0.6) is 0 Å². The largest absolute Gasteiger partial charge is 0.469 e. The summed E-state index contributed by atoms with van der Waals surface area (Å²) in [5.41, 5.74) is 0.927. The highest BCUT2D eigenvalue weighted by molar-refractivity contribution is 7.13. The van der Waals surface area contributed by atoms with Crippen LogP contribution in [-0.4, -0.2) is 46.3 Å². The average molecular weight is 466 g/mol. The molecule has 1 saturated carbocycles. The maximum Gasteiger partial charge on any atom is 0.305 e. The summed E-state index contributed by atoms with van der Waals surface area (Å²) in [4.78, 5) is 24.4. The minimum Gasteiger partial charge on any atom is -0.469 e. The Hall–Kier alpha value is -2.74. The third-order valence-corrected chi connectivity index (χ3v) is 8.23. The predicted molar refractivity (Wildman–Crippen MR) is 130 cm³/mol. The van der Waals surface area contributed by atoms with E-state index in [4.69, 9.17) is 9.72 Å². The van der Waals surface area contributed by atoms with E-state index < -0.39 is 0 Å². The number of nitrogens with one attached hydrogen (secondary N) is 1. The van der Waals surface area contributed by atoms with E-state index in [9.17, 15) is 4.79 Å². The molecule has 4 heterocycles. The van der Waals surface area contributed by atoms with Gasteiger partial charge in [0.05, 0.1) is 12.0 Å². The molecule has 0 spiro atoms. The Morgan fingerprint density at radius 2 is 1.91 bits per heavy atom. The van der Waals surface area contributed by atoms with Crippen LogP contribution in [0.4, 0.5) is 5.82 Å². The van der Waals surface area contributed by atoms with E-state index in [1.165, 1.54) is 45.6 Å². The van der Waals surface area contributed by atoms with Gasteiger partial charge in [-0.2, -0.15) is 5.10 Å². The summed E-state index contributed by atoms with van der Waals surface area (Å²) in [6.45, 7) is 2.12. The van der Waals surface area contributed by atoms with E-state index in [1.807, 2.05) is 23.7 Å². The smallest absolute Gasteiger partial charge is 0.305 e. The summed E-state index contributed by atoms with van der Waals surface area (Å²) < 4.78 is 4.84. The Balaban J connectivity index is 1.12. The first-order chi connectivity index (χ1) is 16.2. The number of ether oxygens (including phenoxy) is 1. The van der Waals surface area contributed by atoms with Crippen molar-refractivity contribution in [1.29, 1.82) is 0 Å². The van der Waals surface area contributed by atoms with Crippen LogP contribution in [0.2, 0.25) is 0 Å². The van der Waals surface area contributed by atoms with Crippen molar-refractivity contribution < 1.29 is 9.53 Å². The number of hydrogen-bond donors (Lipinski definition) is 1. The maximum atomic E-state index is 11.5. The highest BCUT2D eigenvalue weighted by Gasteiger charge is 2.31. The number of thiophene rings is 1. The number of carbonyl (C=O) groups is 1. The van der Waals surface area contributed by atoms with Crippen molar-refractivity contribution in [3.05, 3.63) is 35.8 Å². The van der Waals surface area contributed by atoms with Crippen LogP contribution in [-0.2, 0) is 9.53 Å². The van der Waals surface area contributed by atoms with Crippen molar-refractivity contribution in [2.75, 3.05) is 25.1 Å². The lowest BCUT2D eigenvalue weighted by molar-refractivity contribution is -0.142. The first kappa shape index (κ1) is 22.1. The summed E-state index contributed by atoms with van der Waals surface area (Å²) in [6, 6.07) is 8.21. The van der Waals surface area contributed by atoms with Crippen LogP contribution in [0.15, 0.2) is 35.8 Å².